The number of hydrogen-bond acceptors (Lipinski definition) is 4. The van der Waals surface area contributed by atoms with Gasteiger partial charge >= 0.3 is 0 Å². The van der Waals surface area contributed by atoms with Gasteiger partial charge in [0.2, 0.25) is 0 Å². The van der Waals surface area contributed by atoms with Gasteiger partial charge in [-0.2, -0.15) is 10.2 Å². The zero-order valence-corrected chi connectivity index (χ0v) is 13.8. The molecule has 5 nitrogen and oxygen atoms in total. The summed E-state index contributed by atoms with van der Waals surface area (Å²) in [6.45, 7) is 0.461. The molecule has 6 heteroatoms. The van der Waals surface area contributed by atoms with E-state index >= 15 is 0 Å². The first-order valence-corrected chi connectivity index (χ1v) is 7.82. The molecule has 0 aliphatic rings. The zero-order valence-electron chi connectivity index (χ0n) is 12.2. The van der Waals surface area contributed by atoms with E-state index in [4.69, 9.17) is 10.6 Å². The SMILES string of the molecule is NN=C(c1cc[nH]n1)c1ccc(Br)cc1OCc1ccccc1. The third-order valence-corrected chi connectivity index (χ3v) is 3.80. The number of nitrogens with one attached hydrogen (secondary N) is 1. The average Bonchev–Trinajstić information content (AvgIpc) is 3.10. The van der Waals surface area contributed by atoms with Gasteiger partial charge in [-0.25, -0.2) is 0 Å². The van der Waals surface area contributed by atoms with Gasteiger partial charge in [0.1, 0.15) is 23.8 Å². The molecule has 3 N–H and O–H groups in total. The van der Waals surface area contributed by atoms with Gasteiger partial charge in [-0.15, -0.1) is 0 Å². The monoisotopic (exact) mass is 370 g/mol. The highest BCUT2D eigenvalue weighted by Gasteiger charge is 2.15. The number of hydrogen-bond donors (Lipinski definition) is 2. The fourth-order valence-corrected chi connectivity index (χ4v) is 2.55. The maximum Gasteiger partial charge on any atom is 0.130 e. The average molecular weight is 371 g/mol. The minimum absolute atomic E-state index is 0.461. The molecule has 0 fully saturated rings. The van der Waals surface area contributed by atoms with E-state index < -0.39 is 0 Å². The van der Waals surface area contributed by atoms with Crippen molar-refractivity contribution in [3.63, 3.8) is 0 Å². The summed E-state index contributed by atoms with van der Waals surface area (Å²) in [4.78, 5) is 0. The van der Waals surface area contributed by atoms with E-state index in [1.807, 2.05) is 54.6 Å². The van der Waals surface area contributed by atoms with Crippen LogP contribution in [0.4, 0.5) is 0 Å². The summed E-state index contributed by atoms with van der Waals surface area (Å²) in [6.07, 6.45) is 1.73. The van der Waals surface area contributed by atoms with Crippen molar-refractivity contribution in [2.45, 2.75) is 6.61 Å². The van der Waals surface area contributed by atoms with Gasteiger partial charge in [-0.05, 0) is 29.8 Å². The molecule has 1 aromatic heterocycles. The smallest absolute Gasteiger partial charge is 0.130 e. The Balaban J connectivity index is 1.92. The quantitative estimate of drug-likeness (QED) is 0.410. The molecule has 0 aliphatic carbocycles. The summed E-state index contributed by atoms with van der Waals surface area (Å²) in [7, 11) is 0. The Kier molecular flexibility index (Phi) is 4.73. The predicted octanol–water partition coefficient (Wildman–Crippen LogP) is 3.46. The number of rotatable bonds is 5. The van der Waals surface area contributed by atoms with Crippen LogP contribution in [0.2, 0.25) is 0 Å². The Bertz CT molecular complexity index is 801. The normalized spacial score (nSPS) is 11.4. The highest BCUT2D eigenvalue weighted by molar-refractivity contribution is 9.10. The van der Waals surface area contributed by atoms with Crippen LogP contribution in [0.5, 0.6) is 5.75 Å². The highest BCUT2D eigenvalue weighted by atomic mass is 79.9. The van der Waals surface area contributed by atoms with Crippen molar-refractivity contribution in [1.82, 2.24) is 10.2 Å². The van der Waals surface area contributed by atoms with Crippen molar-refractivity contribution in [1.29, 1.82) is 0 Å². The molecule has 2 aromatic carbocycles. The van der Waals surface area contributed by atoms with Crippen molar-refractivity contribution in [3.8, 4) is 5.75 Å². The highest BCUT2D eigenvalue weighted by Crippen LogP contribution is 2.27. The fourth-order valence-electron chi connectivity index (χ4n) is 2.21. The molecular formula is C17H15BrN4O. The Labute approximate surface area is 142 Å². The van der Waals surface area contributed by atoms with Gasteiger partial charge in [0.15, 0.2) is 0 Å². The van der Waals surface area contributed by atoms with E-state index in [9.17, 15) is 0 Å². The van der Waals surface area contributed by atoms with Crippen molar-refractivity contribution in [2.75, 3.05) is 0 Å². The first kappa shape index (κ1) is 15.3. The fraction of sp³-hybridized carbons (Fsp3) is 0.0588. The van der Waals surface area contributed by atoms with E-state index in [0.29, 0.717) is 23.8 Å². The molecule has 116 valence electrons. The Hall–Kier alpha value is -2.60. The van der Waals surface area contributed by atoms with Gasteiger partial charge in [0, 0.05) is 16.2 Å². The first-order valence-electron chi connectivity index (χ1n) is 7.02. The van der Waals surface area contributed by atoms with Crippen LogP contribution < -0.4 is 10.6 Å². The molecule has 3 aromatic rings. The second-order valence-electron chi connectivity index (χ2n) is 4.85. The second kappa shape index (κ2) is 7.11. The molecule has 0 unspecified atom stereocenters. The predicted molar refractivity (Wildman–Crippen MR) is 93.3 cm³/mol. The molecule has 23 heavy (non-hydrogen) atoms. The van der Waals surface area contributed by atoms with Crippen LogP contribution in [0.3, 0.4) is 0 Å². The first-order chi connectivity index (χ1) is 11.3. The lowest BCUT2D eigenvalue weighted by molar-refractivity contribution is 0.305. The molecule has 0 saturated heterocycles. The number of hydrazone groups is 1. The Morgan fingerprint density at radius 2 is 2.00 bits per heavy atom. The van der Waals surface area contributed by atoms with Crippen LogP contribution in [0.1, 0.15) is 16.8 Å². The van der Waals surface area contributed by atoms with Crippen LogP contribution in [-0.4, -0.2) is 15.9 Å². The molecule has 0 radical (unpaired) electrons. The summed E-state index contributed by atoms with van der Waals surface area (Å²) in [5.74, 6) is 6.27. The molecule has 0 amide bonds. The van der Waals surface area contributed by atoms with E-state index in [2.05, 4.69) is 31.2 Å². The standard InChI is InChI=1S/C17H15BrN4O/c18-13-6-7-14(17(21-19)15-8-9-20-22-15)16(10-13)23-11-12-4-2-1-3-5-12/h1-10H,11,19H2,(H,20,22). The third kappa shape index (κ3) is 3.60. The molecule has 0 bridgehead atoms. The van der Waals surface area contributed by atoms with Crippen molar-refractivity contribution < 1.29 is 4.74 Å². The molecular weight excluding hydrogens is 356 g/mol. The van der Waals surface area contributed by atoms with Gasteiger partial charge < -0.3 is 10.6 Å². The van der Waals surface area contributed by atoms with Crippen LogP contribution >= 0.6 is 15.9 Å². The molecule has 1 heterocycles. The van der Waals surface area contributed by atoms with Crippen molar-refractivity contribution >= 4 is 21.6 Å². The summed E-state index contributed by atoms with van der Waals surface area (Å²) in [5.41, 5.74) is 3.12. The third-order valence-electron chi connectivity index (χ3n) is 3.31. The van der Waals surface area contributed by atoms with E-state index in [1.54, 1.807) is 6.20 Å². The lowest BCUT2D eigenvalue weighted by Gasteiger charge is -2.12. The summed E-state index contributed by atoms with van der Waals surface area (Å²) < 4.78 is 6.90. The van der Waals surface area contributed by atoms with Crippen molar-refractivity contribution in [3.05, 3.63) is 82.1 Å². The number of aromatic nitrogens is 2. The molecule has 0 saturated carbocycles. The molecule has 0 spiro atoms. The van der Waals surface area contributed by atoms with Gasteiger partial charge in [0.25, 0.3) is 0 Å². The van der Waals surface area contributed by atoms with Crippen LogP contribution in [-0.2, 0) is 6.61 Å². The molecule has 0 atom stereocenters. The Morgan fingerprint density at radius 3 is 2.70 bits per heavy atom. The summed E-state index contributed by atoms with van der Waals surface area (Å²) in [5, 5.41) is 10.8. The maximum absolute atomic E-state index is 5.98. The van der Waals surface area contributed by atoms with Gasteiger partial charge in [-0.3, -0.25) is 5.10 Å². The Morgan fingerprint density at radius 1 is 1.17 bits per heavy atom. The van der Waals surface area contributed by atoms with Crippen LogP contribution in [0.15, 0.2) is 70.4 Å². The number of aromatic amines is 1. The minimum atomic E-state index is 0.461. The van der Waals surface area contributed by atoms with Crippen LogP contribution in [0.25, 0.3) is 0 Å². The second-order valence-corrected chi connectivity index (χ2v) is 5.77. The maximum atomic E-state index is 5.98. The minimum Gasteiger partial charge on any atom is -0.488 e. The topological polar surface area (TPSA) is 76.3 Å². The largest absolute Gasteiger partial charge is 0.488 e. The van der Waals surface area contributed by atoms with E-state index in [1.165, 1.54) is 0 Å². The number of nitrogens with two attached hydrogens (primary N) is 1. The number of ether oxygens (including phenoxy) is 1. The number of benzene rings is 2. The molecule has 0 aliphatic heterocycles. The molecule has 3 rings (SSSR count). The lowest BCUT2D eigenvalue weighted by atomic mass is 10.1. The van der Waals surface area contributed by atoms with E-state index in [0.717, 1.165) is 15.6 Å². The zero-order chi connectivity index (χ0) is 16.1. The summed E-state index contributed by atoms with van der Waals surface area (Å²) >= 11 is 3.47. The van der Waals surface area contributed by atoms with Crippen LogP contribution in [0, 0.1) is 0 Å². The lowest BCUT2D eigenvalue weighted by Crippen LogP contribution is -2.10. The number of H-pyrrole nitrogens is 1. The number of nitrogens with zero attached hydrogens (tertiary/aromatic N) is 2. The summed E-state index contributed by atoms with van der Waals surface area (Å²) in [6, 6.07) is 17.5. The van der Waals surface area contributed by atoms with E-state index in [-0.39, 0.29) is 0 Å². The van der Waals surface area contributed by atoms with Gasteiger partial charge in [0.05, 0.1) is 0 Å². The number of halogens is 1. The van der Waals surface area contributed by atoms with Crippen molar-refractivity contribution in [2.24, 2.45) is 10.9 Å². The van der Waals surface area contributed by atoms with Gasteiger partial charge in [-0.1, -0.05) is 46.3 Å².